The van der Waals surface area contributed by atoms with Crippen molar-refractivity contribution in [1.29, 1.82) is 5.26 Å². The number of nitriles is 1. The summed E-state index contributed by atoms with van der Waals surface area (Å²) < 4.78 is 5.09. The Labute approximate surface area is 132 Å². The quantitative estimate of drug-likeness (QED) is 0.614. The van der Waals surface area contributed by atoms with Gasteiger partial charge in [-0.25, -0.2) is 0 Å². The number of hydrogen-bond donors (Lipinski definition) is 0. The van der Waals surface area contributed by atoms with Crippen LogP contribution in [0.1, 0.15) is 17.0 Å². The fraction of sp³-hybridized carbons (Fsp3) is 0.188. The Kier molecular flexibility index (Phi) is 4.97. The number of ether oxygens (including phenoxy) is 1. The van der Waals surface area contributed by atoms with Gasteiger partial charge in [0.2, 0.25) is 0 Å². The third-order valence-electron chi connectivity index (χ3n) is 3.32. The van der Waals surface area contributed by atoms with E-state index in [1.54, 1.807) is 30.3 Å². The molecule has 0 radical (unpaired) electrons. The maximum atomic E-state index is 10.6. The third kappa shape index (κ3) is 3.54. The van der Waals surface area contributed by atoms with E-state index in [1.165, 1.54) is 19.2 Å². The van der Waals surface area contributed by atoms with Gasteiger partial charge in [-0.2, -0.15) is 5.26 Å². The zero-order valence-electron chi connectivity index (χ0n) is 11.8. The molecule has 2 aromatic carbocycles. The summed E-state index contributed by atoms with van der Waals surface area (Å²) in [5.74, 6) is 0.169. The largest absolute Gasteiger partial charge is 0.495 e. The first-order chi connectivity index (χ1) is 10.5. The molecule has 0 saturated carbocycles. The highest BCUT2D eigenvalue weighted by molar-refractivity contribution is 6.32. The second kappa shape index (κ2) is 6.92. The molecule has 0 saturated heterocycles. The molecule has 0 aliphatic rings. The molecule has 22 heavy (non-hydrogen) atoms. The number of halogens is 1. The third-order valence-corrected chi connectivity index (χ3v) is 3.62. The van der Waals surface area contributed by atoms with Crippen LogP contribution in [-0.2, 0) is 6.42 Å². The topological polar surface area (TPSA) is 76.2 Å². The second-order valence-electron chi connectivity index (χ2n) is 4.70. The summed E-state index contributed by atoms with van der Waals surface area (Å²) in [6.45, 7) is 0. The predicted octanol–water partition coefficient (Wildman–Crippen LogP) is 4.11. The number of rotatable bonds is 5. The minimum absolute atomic E-state index is 0.0322. The lowest BCUT2D eigenvalue weighted by molar-refractivity contribution is -0.384. The highest BCUT2D eigenvalue weighted by Gasteiger charge is 2.14. The van der Waals surface area contributed by atoms with Crippen LogP contribution in [0.4, 0.5) is 5.69 Å². The molecule has 0 heterocycles. The van der Waals surface area contributed by atoms with Crippen LogP contribution in [0, 0.1) is 21.4 Å². The van der Waals surface area contributed by atoms with Crippen molar-refractivity contribution in [3.8, 4) is 11.8 Å². The summed E-state index contributed by atoms with van der Waals surface area (Å²) in [4.78, 5) is 10.2. The number of nitro benzene ring substituents is 1. The number of hydrogen-bond acceptors (Lipinski definition) is 4. The van der Waals surface area contributed by atoms with Gasteiger partial charge in [0, 0.05) is 12.1 Å². The van der Waals surface area contributed by atoms with Gasteiger partial charge in [-0.05, 0) is 29.7 Å². The number of nitrogens with zero attached hydrogens (tertiary/aromatic N) is 2. The number of nitro groups is 1. The molecule has 0 N–H and O–H groups in total. The van der Waals surface area contributed by atoms with Crippen molar-refractivity contribution in [1.82, 2.24) is 0 Å². The van der Waals surface area contributed by atoms with Gasteiger partial charge in [0.25, 0.3) is 5.69 Å². The maximum Gasteiger partial charge on any atom is 0.269 e. The molecule has 2 aromatic rings. The van der Waals surface area contributed by atoms with Crippen LogP contribution in [-0.4, -0.2) is 12.0 Å². The van der Waals surface area contributed by atoms with Crippen molar-refractivity contribution in [3.05, 3.63) is 68.7 Å². The van der Waals surface area contributed by atoms with Crippen molar-refractivity contribution in [3.63, 3.8) is 0 Å². The average Bonchev–Trinajstić information content (AvgIpc) is 2.53. The molecule has 0 aromatic heterocycles. The summed E-state index contributed by atoms with van der Waals surface area (Å²) in [5.41, 5.74) is 1.67. The first-order valence-electron chi connectivity index (χ1n) is 6.51. The first-order valence-corrected chi connectivity index (χ1v) is 6.89. The second-order valence-corrected chi connectivity index (χ2v) is 5.11. The molecule has 5 nitrogen and oxygen atoms in total. The van der Waals surface area contributed by atoms with Crippen LogP contribution in [0.25, 0.3) is 0 Å². The molecule has 0 aliphatic carbocycles. The lowest BCUT2D eigenvalue weighted by atomic mass is 9.93. The minimum atomic E-state index is -0.450. The van der Waals surface area contributed by atoms with Gasteiger partial charge in [-0.3, -0.25) is 10.1 Å². The Bertz CT molecular complexity index is 723. The van der Waals surface area contributed by atoms with E-state index in [9.17, 15) is 15.4 Å². The summed E-state index contributed by atoms with van der Waals surface area (Å²) in [7, 11) is 1.53. The number of methoxy groups -OCH3 is 1. The van der Waals surface area contributed by atoms with Crippen molar-refractivity contribution >= 4 is 17.3 Å². The molecule has 1 unspecified atom stereocenters. The van der Waals surface area contributed by atoms with Crippen LogP contribution in [0.3, 0.4) is 0 Å². The Morgan fingerprint density at radius 1 is 1.32 bits per heavy atom. The van der Waals surface area contributed by atoms with Crippen LogP contribution < -0.4 is 4.74 Å². The molecule has 112 valence electrons. The van der Waals surface area contributed by atoms with Crippen LogP contribution in [0.5, 0.6) is 5.75 Å². The average molecular weight is 317 g/mol. The van der Waals surface area contributed by atoms with Crippen molar-refractivity contribution in [2.75, 3.05) is 7.11 Å². The maximum absolute atomic E-state index is 10.6. The normalized spacial score (nSPS) is 11.5. The molecule has 2 rings (SSSR count). The molecule has 0 amide bonds. The van der Waals surface area contributed by atoms with Crippen molar-refractivity contribution in [2.45, 2.75) is 12.3 Å². The Balaban J connectivity index is 2.20. The Morgan fingerprint density at radius 3 is 2.50 bits per heavy atom. The predicted molar refractivity (Wildman–Crippen MR) is 83.2 cm³/mol. The van der Waals surface area contributed by atoms with E-state index in [2.05, 4.69) is 6.07 Å². The first kappa shape index (κ1) is 15.8. The smallest absolute Gasteiger partial charge is 0.269 e. The van der Waals surface area contributed by atoms with Crippen LogP contribution in [0.15, 0.2) is 42.5 Å². The van der Waals surface area contributed by atoms with Gasteiger partial charge >= 0.3 is 0 Å². The van der Waals surface area contributed by atoms with Gasteiger partial charge < -0.3 is 4.74 Å². The van der Waals surface area contributed by atoms with Gasteiger partial charge in [0.05, 0.1) is 29.0 Å². The van der Waals surface area contributed by atoms with Gasteiger partial charge in [0.15, 0.2) is 0 Å². The highest BCUT2D eigenvalue weighted by atomic mass is 35.5. The zero-order valence-corrected chi connectivity index (χ0v) is 12.6. The van der Waals surface area contributed by atoms with Gasteiger partial charge in [-0.1, -0.05) is 29.8 Å². The molecule has 0 bridgehead atoms. The van der Waals surface area contributed by atoms with E-state index in [4.69, 9.17) is 16.3 Å². The Morgan fingerprint density at radius 2 is 2.00 bits per heavy atom. The molecule has 0 aliphatic heterocycles. The fourth-order valence-electron chi connectivity index (χ4n) is 2.13. The summed E-state index contributed by atoms with van der Waals surface area (Å²) in [6.07, 6.45) is 0.456. The lowest BCUT2D eigenvalue weighted by Crippen LogP contribution is -2.01. The lowest BCUT2D eigenvalue weighted by Gasteiger charge is -2.11. The molecule has 6 heteroatoms. The highest BCUT2D eigenvalue weighted by Crippen LogP contribution is 2.30. The van der Waals surface area contributed by atoms with Gasteiger partial charge in [-0.15, -0.1) is 0 Å². The minimum Gasteiger partial charge on any atom is -0.495 e. The summed E-state index contributed by atoms with van der Waals surface area (Å²) >= 11 is 6.08. The Hall–Kier alpha value is -2.58. The molecule has 0 spiro atoms. The zero-order chi connectivity index (χ0) is 16.1. The van der Waals surface area contributed by atoms with E-state index in [0.717, 1.165) is 11.1 Å². The van der Waals surface area contributed by atoms with E-state index < -0.39 is 4.92 Å². The van der Waals surface area contributed by atoms with Crippen LogP contribution >= 0.6 is 11.6 Å². The SMILES string of the molecule is COc1ccc(C(C#N)Cc2ccc([N+](=O)[O-])cc2)cc1Cl. The monoisotopic (exact) mass is 316 g/mol. The standard InChI is InChI=1S/C16H13ClN2O3/c1-22-16-7-4-12(9-15(16)17)13(10-18)8-11-2-5-14(6-3-11)19(20)21/h2-7,9,13H,8H2,1H3. The molecule has 1 atom stereocenters. The van der Waals surface area contributed by atoms with Crippen molar-refractivity contribution < 1.29 is 9.66 Å². The van der Waals surface area contributed by atoms with E-state index in [0.29, 0.717) is 17.2 Å². The summed E-state index contributed by atoms with van der Waals surface area (Å²) in [5, 5.41) is 20.5. The van der Waals surface area contributed by atoms with Crippen LogP contribution in [0.2, 0.25) is 5.02 Å². The molecule has 0 fully saturated rings. The van der Waals surface area contributed by atoms with E-state index >= 15 is 0 Å². The van der Waals surface area contributed by atoms with Crippen molar-refractivity contribution in [2.24, 2.45) is 0 Å². The number of benzene rings is 2. The number of non-ortho nitro benzene ring substituents is 1. The van der Waals surface area contributed by atoms with Gasteiger partial charge in [0.1, 0.15) is 5.75 Å². The van der Waals surface area contributed by atoms with E-state index in [-0.39, 0.29) is 11.6 Å². The molecular formula is C16H13ClN2O3. The van der Waals surface area contributed by atoms with E-state index in [1.807, 2.05) is 0 Å². The molecular weight excluding hydrogens is 304 g/mol. The fourth-order valence-corrected chi connectivity index (χ4v) is 2.39. The summed E-state index contributed by atoms with van der Waals surface area (Å²) in [6, 6.07) is 13.7.